The topological polar surface area (TPSA) is 75.6 Å². The fourth-order valence-corrected chi connectivity index (χ4v) is 2.48. The number of carbonyl (C=O) groups is 1. The minimum absolute atomic E-state index is 0.176. The highest BCUT2D eigenvalue weighted by atomic mass is 16.1. The molecular formula is C18H21N5O. The van der Waals surface area contributed by atoms with E-state index in [0.29, 0.717) is 12.2 Å². The zero-order valence-electron chi connectivity index (χ0n) is 14.1. The van der Waals surface area contributed by atoms with Crippen LogP contribution in [0, 0.1) is 13.8 Å². The van der Waals surface area contributed by atoms with E-state index in [-0.39, 0.29) is 5.91 Å². The highest BCUT2D eigenvalue weighted by Gasteiger charge is 2.12. The van der Waals surface area contributed by atoms with Crippen LogP contribution >= 0.6 is 0 Å². The van der Waals surface area contributed by atoms with Crippen molar-refractivity contribution in [3.05, 3.63) is 59.0 Å². The van der Waals surface area contributed by atoms with Crippen LogP contribution in [0.5, 0.6) is 0 Å². The molecule has 6 heteroatoms. The molecule has 0 unspecified atom stereocenters. The van der Waals surface area contributed by atoms with Gasteiger partial charge in [0.1, 0.15) is 5.69 Å². The van der Waals surface area contributed by atoms with Crippen molar-refractivity contribution in [2.75, 3.05) is 0 Å². The lowest BCUT2D eigenvalue weighted by atomic mass is 10.1. The van der Waals surface area contributed by atoms with Gasteiger partial charge in [-0.1, -0.05) is 29.8 Å². The number of benzene rings is 1. The van der Waals surface area contributed by atoms with Crippen LogP contribution in [0.1, 0.15) is 34.2 Å². The lowest BCUT2D eigenvalue weighted by Crippen LogP contribution is -2.23. The van der Waals surface area contributed by atoms with E-state index < -0.39 is 0 Å². The molecule has 1 amide bonds. The highest BCUT2D eigenvalue weighted by molar-refractivity contribution is 5.93. The summed E-state index contributed by atoms with van der Waals surface area (Å²) < 4.78 is 1.86. The van der Waals surface area contributed by atoms with Gasteiger partial charge in [-0.2, -0.15) is 10.2 Å². The summed E-state index contributed by atoms with van der Waals surface area (Å²) in [6, 6.07) is 9.81. The lowest BCUT2D eigenvalue weighted by molar-refractivity contribution is 0.0946. The van der Waals surface area contributed by atoms with E-state index in [1.54, 1.807) is 6.07 Å². The number of hydrogen-bond donors (Lipinski definition) is 2. The van der Waals surface area contributed by atoms with Gasteiger partial charge in [0.2, 0.25) is 0 Å². The van der Waals surface area contributed by atoms with E-state index in [1.165, 1.54) is 5.56 Å². The molecular weight excluding hydrogens is 302 g/mol. The minimum atomic E-state index is -0.176. The van der Waals surface area contributed by atoms with Gasteiger partial charge in [0.05, 0.1) is 11.4 Å². The van der Waals surface area contributed by atoms with Crippen LogP contribution in [-0.2, 0) is 13.1 Å². The van der Waals surface area contributed by atoms with Gasteiger partial charge in [-0.05, 0) is 26.8 Å². The Morgan fingerprint density at radius 3 is 2.67 bits per heavy atom. The van der Waals surface area contributed by atoms with Gasteiger partial charge in [-0.3, -0.25) is 14.6 Å². The quantitative estimate of drug-likeness (QED) is 0.758. The number of aromatic amines is 1. The van der Waals surface area contributed by atoms with E-state index in [4.69, 9.17) is 0 Å². The molecule has 0 fully saturated rings. The molecule has 2 aromatic heterocycles. The summed E-state index contributed by atoms with van der Waals surface area (Å²) in [6.07, 6.45) is 1.96. The molecule has 0 aliphatic rings. The molecule has 1 aromatic carbocycles. The summed E-state index contributed by atoms with van der Waals surface area (Å²) in [5.41, 5.74) is 5.33. The van der Waals surface area contributed by atoms with Crippen molar-refractivity contribution >= 4 is 5.91 Å². The number of H-pyrrole nitrogens is 1. The molecule has 3 aromatic rings. The van der Waals surface area contributed by atoms with Gasteiger partial charge < -0.3 is 5.32 Å². The molecule has 0 spiro atoms. The van der Waals surface area contributed by atoms with Crippen LogP contribution in [0.15, 0.2) is 36.5 Å². The third-order valence-electron chi connectivity index (χ3n) is 3.98. The van der Waals surface area contributed by atoms with Gasteiger partial charge in [0, 0.05) is 30.4 Å². The summed E-state index contributed by atoms with van der Waals surface area (Å²) in [5, 5.41) is 14.3. The Morgan fingerprint density at radius 2 is 2.00 bits per heavy atom. The van der Waals surface area contributed by atoms with E-state index in [0.717, 1.165) is 29.1 Å². The van der Waals surface area contributed by atoms with Crippen LogP contribution in [0.2, 0.25) is 0 Å². The molecule has 3 rings (SSSR count). The van der Waals surface area contributed by atoms with Gasteiger partial charge in [0.15, 0.2) is 0 Å². The monoisotopic (exact) mass is 323 g/mol. The van der Waals surface area contributed by atoms with Crippen molar-refractivity contribution in [2.24, 2.45) is 0 Å². The van der Waals surface area contributed by atoms with Gasteiger partial charge >= 0.3 is 0 Å². The maximum absolute atomic E-state index is 12.3. The fraction of sp³-hybridized carbons (Fsp3) is 0.278. The molecule has 0 radical (unpaired) electrons. The predicted molar refractivity (Wildman–Crippen MR) is 92.6 cm³/mol. The average Bonchev–Trinajstić information content (AvgIpc) is 3.20. The zero-order chi connectivity index (χ0) is 17.1. The number of aryl methyl sites for hydroxylation is 3. The summed E-state index contributed by atoms with van der Waals surface area (Å²) in [4.78, 5) is 12.3. The zero-order valence-corrected chi connectivity index (χ0v) is 14.1. The van der Waals surface area contributed by atoms with Crippen LogP contribution < -0.4 is 5.32 Å². The standard InChI is InChI=1S/C18H21N5O/c1-4-23-11-15(13(3)22-23)10-19-18(24)17-9-16(20-21-17)14-7-5-12(2)6-8-14/h5-9,11H,4,10H2,1-3H3,(H,19,24)(H,20,21). The molecule has 0 bridgehead atoms. The SMILES string of the molecule is CCn1cc(CNC(=O)c2cc(-c3ccc(C)cc3)n[nH]2)c(C)n1. The molecule has 0 atom stereocenters. The van der Waals surface area contributed by atoms with Crippen LogP contribution in [0.4, 0.5) is 0 Å². The van der Waals surface area contributed by atoms with Crippen molar-refractivity contribution in [1.82, 2.24) is 25.3 Å². The number of carbonyl (C=O) groups excluding carboxylic acids is 1. The summed E-state index contributed by atoms with van der Waals surface area (Å²) in [5.74, 6) is -0.176. The van der Waals surface area contributed by atoms with Crippen molar-refractivity contribution in [3.8, 4) is 11.3 Å². The number of hydrogen-bond acceptors (Lipinski definition) is 3. The Labute approximate surface area is 140 Å². The van der Waals surface area contributed by atoms with Crippen LogP contribution in [0.25, 0.3) is 11.3 Å². The first-order valence-electron chi connectivity index (χ1n) is 8.00. The number of nitrogens with one attached hydrogen (secondary N) is 2. The average molecular weight is 323 g/mol. The lowest BCUT2D eigenvalue weighted by Gasteiger charge is -2.01. The second kappa shape index (κ2) is 6.70. The molecule has 124 valence electrons. The van der Waals surface area contributed by atoms with E-state index in [2.05, 4.69) is 20.6 Å². The number of aromatic nitrogens is 4. The first-order valence-corrected chi connectivity index (χ1v) is 8.00. The first-order chi connectivity index (χ1) is 11.6. The van der Waals surface area contributed by atoms with E-state index in [1.807, 2.05) is 55.9 Å². The Morgan fingerprint density at radius 1 is 1.25 bits per heavy atom. The molecule has 0 aliphatic carbocycles. The smallest absolute Gasteiger partial charge is 0.269 e. The summed E-state index contributed by atoms with van der Waals surface area (Å²) >= 11 is 0. The van der Waals surface area contributed by atoms with Gasteiger partial charge in [0.25, 0.3) is 5.91 Å². The van der Waals surface area contributed by atoms with Crippen LogP contribution in [-0.4, -0.2) is 25.9 Å². The largest absolute Gasteiger partial charge is 0.347 e. The van der Waals surface area contributed by atoms with E-state index in [9.17, 15) is 4.79 Å². The molecule has 0 saturated heterocycles. The molecule has 24 heavy (non-hydrogen) atoms. The molecule has 2 heterocycles. The van der Waals surface area contributed by atoms with Crippen molar-refractivity contribution in [3.63, 3.8) is 0 Å². The van der Waals surface area contributed by atoms with E-state index >= 15 is 0 Å². The third-order valence-corrected chi connectivity index (χ3v) is 3.98. The second-order valence-corrected chi connectivity index (χ2v) is 5.81. The normalized spacial score (nSPS) is 10.8. The van der Waals surface area contributed by atoms with Crippen LogP contribution in [0.3, 0.4) is 0 Å². The Balaban J connectivity index is 1.67. The highest BCUT2D eigenvalue weighted by Crippen LogP contribution is 2.18. The Hall–Kier alpha value is -2.89. The number of rotatable bonds is 5. The molecule has 0 aliphatic heterocycles. The first kappa shape index (κ1) is 16.0. The Kier molecular flexibility index (Phi) is 4.46. The minimum Gasteiger partial charge on any atom is -0.347 e. The fourth-order valence-electron chi connectivity index (χ4n) is 2.48. The van der Waals surface area contributed by atoms with Gasteiger partial charge in [-0.15, -0.1) is 0 Å². The molecule has 0 saturated carbocycles. The van der Waals surface area contributed by atoms with Crippen molar-refractivity contribution < 1.29 is 4.79 Å². The van der Waals surface area contributed by atoms with Crippen molar-refractivity contribution in [1.29, 1.82) is 0 Å². The van der Waals surface area contributed by atoms with Gasteiger partial charge in [-0.25, -0.2) is 0 Å². The second-order valence-electron chi connectivity index (χ2n) is 5.81. The summed E-state index contributed by atoms with van der Waals surface area (Å²) in [7, 11) is 0. The summed E-state index contributed by atoms with van der Waals surface area (Å²) in [6.45, 7) is 7.28. The number of amides is 1. The van der Waals surface area contributed by atoms with Crippen molar-refractivity contribution in [2.45, 2.75) is 33.9 Å². The third kappa shape index (κ3) is 3.37. The maximum atomic E-state index is 12.3. The maximum Gasteiger partial charge on any atom is 0.269 e. The Bertz CT molecular complexity index is 845. The number of nitrogens with zero attached hydrogens (tertiary/aromatic N) is 3. The molecule has 6 nitrogen and oxygen atoms in total. The predicted octanol–water partition coefficient (Wildman–Crippen LogP) is 2.84. The molecule has 2 N–H and O–H groups in total.